The van der Waals surface area contributed by atoms with Gasteiger partial charge >= 0.3 is 0 Å². The average molecular weight is 243 g/mol. The fraction of sp³-hybridized carbons (Fsp3) is 0.667. The van der Waals surface area contributed by atoms with Gasteiger partial charge in [-0.25, -0.2) is 0 Å². The summed E-state index contributed by atoms with van der Waals surface area (Å²) in [4.78, 5) is 17.7. The number of likely N-dealkylation sites (N-methyl/N-ethyl adjacent to an activating group) is 1. The molecule has 0 bridgehead atoms. The van der Waals surface area contributed by atoms with Crippen LogP contribution in [-0.2, 0) is 4.79 Å². The Kier molecular flexibility index (Phi) is 4.54. The average Bonchev–Trinajstić information content (AvgIpc) is 3.09. The first-order chi connectivity index (χ1) is 7.49. The van der Waals surface area contributed by atoms with E-state index in [-0.39, 0.29) is 17.1 Å². The lowest BCUT2D eigenvalue weighted by Gasteiger charge is -2.25. The maximum Gasteiger partial charge on any atom is 0.256 e. The summed E-state index contributed by atoms with van der Waals surface area (Å²) in [7, 11) is 1.80. The number of aliphatic imine (C=N–C) groups is 1. The van der Waals surface area contributed by atoms with Gasteiger partial charge in [-0.1, -0.05) is 18.2 Å². The van der Waals surface area contributed by atoms with Gasteiger partial charge in [0.15, 0.2) is 0 Å². The Balaban J connectivity index is 2.62. The molecule has 0 heterocycles. The number of hydrogen-bond donors (Lipinski definition) is 0. The minimum absolute atomic E-state index is 0.124. The molecule has 0 unspecified atom stereocenters. The maximum atomic E-state index is 12.0. The predicted octanol–water partition coefficient (Wildman–Crippen LogP) is 2.46. The SMILES string of the molecule is C=C(C(=O)N(C)[C@@H](C)C1CC1)C(Cl)=NCC. The third-order valence-corrected chi connectivity index (χ3v) is 3.39. The van der Waals surface area contributed by atoms with Gasteiger partial charge in [0.05, 0.1) is 5.57 Å². The molecule has 4 heteroatoms. The van der Waals surface area contributed by atoms with Crippen molar-refractivity contribution in [3.63, 3.8) is 0 Å². The van der Waals surface area contributed by atoms with Crippen molar-refractivity contribution in [2.24, 2.45) is 10.9 Å². The van der Waals surface area contributed by atoms with Gasteiger partial charge in [0.1, 0.15) is 5.17 Å². The van der Waals surface area contributed by atoms with Gasteiger partial charge in [-0.15, -0.1) is 0 Å². The third-order valence-electron chi connectivity index (χ3n) is 3.04. The van der Waals surface area contributed by atoms with E-state index in [1.54, 1.807) is 11.9 Å². The lowest BCUT2D eigenvalue weighted by Crippen LogP contribution is -2.38. The zero-order chi connectivity index (χ0) is 12.3. The summed E-state index contributed by atoms with van der Waals surface area (Å²) in [5.74, 6) is 0.519. The van der Waals surface area contributed by atoms with Gasteiger partial charge in [-0.3, -0.25) is 9.79 Å². The molecule has 0 saturated heterocycles. The van der Waals surface area contributed by atoms with Crippen LogP contribution in [-0.4, -0.2) is 35.6 Å². The number of nitrogens with zero attached hydrogens (tertiary/aromatic N) is 2. The smallest absolute Gasteiger partial charge is 0.256 e. The summed E-state index contributed by atoms with van der Waals surface area (Å²) in [6, 6.07) is 0.260. The van der Waals surface area contributed by atoms with Crippen LogP contribution in [0.4, 0.5) is 0 Å². The molecule has 0 aliphatic heterocycles. The summed E-state index contributed by atoms with van der Waals surface area (Å²) >= 11 is 5.87. The Morgan fingerprint density at radius 2 is 2.19 bits per heavy atom. The molecule has 1 amide bonds. The number of amides is 1. The Morgan fingerprint density at radius 1 is 1.62 bits per heavy atom. The van der Waals surface area contributed by atoms with Crippen LogP contribution in [0.5, 0.6) is 0 Å². The Labute approximate surface area is 102 Å². The zero-order valence-electron chi connectivity index (χ0n) is 10.2. The second kappa shape index (κ2) is 5.48. The van der Waals surface area contributed by atoms with E-state index in [9.17, 15) is 4.79 Å². The quantitative estimate of drug-likeness (QED) is 0.539. The molecule has 1 fully saturated rings. The molecule has 1 rings (SSSR count). The van der Waals surface area contributed by atoms with E-state index in [0.29, 0.717) is 18.0 Å². The summed E-state index contributed by atoms with van der Waals surface area (Å²) in [5.41, 5.74) is 0.290. The molecule has 0 aromatic carbocycles. The highest BCUT2D eigenvalue weighted by molar-refractivity contribution is 6.72. The van der Waals surface area contributed by atoms with Crippen LogP contribution in [0.15, 0.2) is 17.1 Å². The van der Waals surface area contributed by atoms with Gasteiger partial charge in [-0.2, -0.15) is 0 Å². The summed E-state index contributed by atoms with van der Waals surface area (Å²) < 4.78 is 0. The molecule has 1 aliphatic rings. The van der Waals surface area contributed by atoms with Gasteiger partial charge in [0.2, 0.25) is 0 Å². The monoisotopic (exact) mass is 242 g/mol. The first-order valence-electron chi connectivity index (χ1n) is 5.65. The topological polar surface area (TPSA) is 32.7 Å². The van der Waals surface area contributed by atoms with Gasteiger partial charge in [0, 0.05) is 19.6 Å². The van der Waals surface area contributed by atoms with Crippen LogP contribution in [0.3, 0.4) is 0 Å². The van der Waals surface area contributed by atoms with Crippen molar-refractivity contribution in [2.75, 3.05) is 13.6 Å². The zero-order valence-corrected chi connectivity index (χ0v) is 10.9. The van der Waals surface area contributed by atoms with Crippen LogP contribution >= 0.6 is 11.6 Å². The molecule has 90 valence electrons. The lowest BCUT2D eigenvalue weighted by atomic mass is 10.1. The largest absolute Gasteiger partial charge is 0.339 e. The molecule has 1 saturated carbocycles. The first-order valence-corrected chi connectivity index (χ1v) is 6.03. The highest BCUT2D eigenvalue weighted by atomic mass is 35.5. The molecule has 0 aromatic rings. The van der Waals surface area contributed by atoms with Gasteiger partial charge < -0.3 is 4.90 Å². The molecule has 0 spiro atoms. The number of carbonyl (C=O) groups excluding carboxylic acids is 1. The lowest BCUT2D eigenvalue weighted by molar-refractivity contribution is -0.127. The van der Waals surface area contributed by atoms with Crippen LogP contribution in [0.25, 0.3) is 0 Å². The molecule has 0 N–H and O–H groups in total. The van der Waals surface area contributed by atoms with Crippen molar-refractivity contribution < 1.29 is 4.79 Å². The molecule has 0 radical (unpaired) electrons. The van der Waals surface area contributed by atoms with Crippen molar-refractivity contribution in [1.29, 1.82) is 0 Å². The Hall–Kier alpha value is -0.830. The molecule has 0 aromatic heterocycles. The minimum Gasteiger partial charge on any atom is -0.339 e. The van der Waals surface area contributed by atoms with Crippen molar-refractivity contribution in [1.82, 2.24) is 4.90 Å². The number of halogens is 1. The van der Waals surface area contributed by atoms with E-state index in [1.165, 1.54) is 12.8 Å². The molecular formula is C12H19ClN2O. The fourth-order valence-corrected chi connectivity index (χ4v) is 1.82. The number of carbonyl (C=O) groups is 1. The number of hydrogen-bond acceptors (Lipinski definition) is 2. The molecule has 3 nitrogen and oxygen atoms in total. The summed E-state index contributed by atoms with van der Waals surface area (Å²) in [6.07, 6.45) is 2.42. The van der Waals surface area contributed by atoms with E-state index in [2.05, 4.69) is 18.5 Å². The van der Waals surface area contributed by atoms with Crippen molar-refractivity contribution in [3.8, 4) is 0 Å². The van der Waals surface area contributed by atoms with E-state index in [4.69, 9.17) is 11.6 Å². The van der Waals surface area contributed by atoms with E-state index < -0.39 is 0 Å². The molecule has 1 aliphatic carbocycles. The maximum absolute atomic E-state index is 12.0. The highest BCUT2D eigenvalue weighted by Gasteiger charge is 2.33. The predicted molar refractivity (Wildman–Crippen MR) is 67.9 cm³/mol. The second-order valence-electron chi connectivity index (χ2n) is 4.24. The Bertz CT molecular complexity index is 321. The van der Waals surface area contributed by atoms with Crippen LogP contribution in [0.2, 0.25) is 0 Å². The highest BCUT2D eigenvalue weighted by Crippen LogP contribution is 2.35. The normalized spacial score (nSPS) is 18.1. The molecule has 1 atom stereocenters. The van der Waals surface area contributed by atoms with E-state index in [0.717, 1.165) is 0 Å². The molecular weight excluding hydrogens is 224 g/mol. The van der Waals surface area contributed by atoms with Crippen LogP contribution in [0.1, 0.15) is 26.7 Å². The number of rotatable bonds is 5. The molecule has 16 heavy (non-hydrogen) atoms. The van der Waals surface area contributed by atoms with Crippen molar-refractivity contribution in [2.45, 2.75) is 32.7 Å². The third kappa shape index (κ3) is 3.08. The van der Waals surface area contributed by atoms with Gasteiger partial charge in [0.25, 0.3) is 5.91 Å². The first kappa shape index (κ1) is 13.2. The van der Waals surface area contributed by atoms with Crippen molar-refractivity contribution >= 4 is 22.7 Å². The minimum atomic E-state index is -0.124. The summed E-state index contributed by atoms with van der Waals surface area (Å²) in [5, 5.41) is 0.224. The fourth-order valence-electron chi connectivity index (χ4n) is 1.62. The summed E-state index contributed by atoms with van der Waals surface area (Å²) in [6.45, 7) is 8.20. The standard InChI is InChI=1S/C12H19ClN2O/c1-5-14-11(13)8(2)12(16)15(4)9(3)10-6-7-10/h9-10H,2,5-7H2,1,3-4H3/t9-/m0/s1. The van der Waals surface area contributed by atoms with Crippen LogP contribution in [0, 0.1) is 5.92 Å². The van der Waals surface area contributed by atoms with Crippen LogP contribution < -0.4 is 0 Å². The van der Waals surface area contributed by atoms with E-state index >= 15 is 0 Å². The van der Waals surface area contributed by atoms with Gasteiger partial charge in [-0.05, 0) is 32.6 Å². The van der Waals surface area contributed by atoms with E-state index in [1.807, 2.05) is 6.92 Å². The van der Waals surface area contributed by atoms with Crippen molar-refractivity contribution in [3.05, 3.63) is 12.2 Å². The second-order valence-corrected chi connectivity index (χ2v) is 4.60. The Morgan fingerprint density at radius 3 is 2.62 bits per heavy atom.